The molecule has 1 unspecified atom stereocenters. The molecule has 2 heterocycles. The highest BCUT2D eigenvalue weighted by molar-refractivity contribution is 7.95. The minimum Gasteiger partial charge on any atom is -0.367 e. The smallest absolute Gasteiger partial charge is 0.207 e. The van der Waals surface area contributed by atoms with Crippen LogP contribution in [0.4, 0.5) is 11.4 Å². The van der Waals surface area contributed by atoms with Crippen LogP contribution in [-0.4, -0.2) is 28.6 Å². The molecule has 4 nitrogen and oxygen atoms in total. The van der Waals surface area contributed by atoms with Crippen LogP contribution in [0.3, 0.4) is 0 Å². The lowest BCUT2D eigenvalue weighted by atomic mass is 9.80. The van der Waals surface area contributed by atoms with Crippen molar-refractivity contribution in [1.82, 2.24) is 0 Å². The molecule has 3 aromatic rings. The molecule has 0 bridgehead atoms. The Balaban J connectivity index is 0.00000384. The van der Waals surface area contributed by atoms with Gasteiger partial charge in [-0.2, -0.15) is 0 Å². The third-order valence-electron chi connectivity index (χ3n) is 9.80. The molecule has 0 amide bonds. The highest BCUT2D eigenvalue weighted by Crippen LogP contribution is 2.48. The maximum absolute atomic E-state index is 14.4. The van der Waals surface area contributed by atoms with Crippen molar-refractivity contribution in [3.05, 3.63) is 136 Å². The zero-order chi connectivity index (χ0) is 30.6. The van der Waals surface area contributed by atoms with Crippen LogP contribution in [0.5, 0.6) is 0 Å². The van der Waals surface area contributed by atoms with Gasteiger partial charge in [-0.3, -0.25) is 0 Å². The topological polar surface area (TPSA) is 40.6 Å². The van der Waals surface area contributed by atoms with Crippen LogP contribution >= 0.6 is 12.4 Å². The summed E-state index contributed by atoms with van der Waals surface area (Å²) < 4.78 is 28.7. The second-order valence-electron chi connectivity index (χ2n) is 13.1. The van der Waals surface area contributed by atoms with Gasteiger partial charge in [-0.25, -0.2) is 8.42 Å². The van der Waals surface area contributed by atoms with Crippen molar-refractivity contribution in [3.8, 4) is 0 Å². The van der Waals surface area contributed by atoms with Crippen molar-refractivity contribution < 1.29 is 8.42 Å². The maximum Gasteiger partial charge on any atom is 0.207 e. The van der Waals surface area contributed by atoms with Gasteiger partial charge >= 0.3 is 0 Å². The number of hydrogen-bond donors (Lipinski definition) is 0. The van der Waals surface area contributed by atoms with Gasteiger partial charge in [0.05, 0.1) is 15.8 Å². The van der Waals surface area contributed by atoms with Crippen molar-refractivity contribution >= 4 is 33.6 Å². The molecule has 0 N–H and O–H groups in total. The van der Waals surface area contributed by atoms with Crippen LogP contribution in [0.25, 0.3) is 0 Å². The minimum atomic E-state index is -3.74. The molecule has 0 spiro atoms. The van der Waals surface area contributed by atoms with Crippen LogP contribution in [0.1, 0.15) is 58.1 Å². The number of fused-ring (bicyclic) bond motifs is 2. The summed E-state index contributed by atoms with van der Waals surface area (Å²) in [5.74, 6) is 0. The van der Waals surface area contributed by atoms with E-state index in [9.17, 15) is 8.42 Å². The van der Waals surface area contributed by atoms with Crippen LogP contribution in [-0.2, 0) is 20.7 Å². The van der Waals surface area contributed by atoms with E-state index >= 15 is 0 Å². The van der Waals surface area contributed by atoms with Crippen LogP contribution in [0.2, 0.25) is 0 Å². The molecule has 44 heavy (non-hydrogen) atoms. The molecule has 0 saturated carbocycles. The summed E-state index contributed by atoms with van der Waals surface area (Å²) >= 11 is 0. The highest BCUT2D eigenvalue weighted by Gasteiger charge is 2.42. The second-order valence-corrected chi connectivity index (χ2v) is 15.0. The fraction of sp³-hybridized carbons (Fsp3) is 0.316. The normalized spacial score (nSPS) is 22.5. The Bertz CT molecular complexity index is 1800. The number of allylic oxidation sites excluding steroid dienone is 6. The van der Waals surface area contributed by atoms with Gasteiger partial charge in [-0.15, -0.1) is 12.4 Å². The van der Waals surface area contributed by atoms with Crippen molar-refractivity contribution in [2.45, 2.75) is 68.7 Å². The Morgan fingerprint density at radius 2 is 1.39 bits per heavy atom. The van der Waals surface area contributed by atoms with Gasteiger partial charge in [-0.1, -0.05) is 101 Å². The standard InChI is InChI=1S/C38H42N2O2S.ClH/c1-37(2)30-19-10-12-21-32(30)39(5)34(37)25-23-27-15-14-16-28(36(27)43(41,42)29-17-8-7-9-18-29)24-26-35-38(3,4)31-20-11-13-22-33(31)40(35)6;/h7-13,17-26,34H,14-16H2,1-6H3;1H/b25-23+,28-24-,35-26-;. The number of benzene rings is 3. The molecule has 1 atom stereocenters. The third-order valence-corrected chi connectivity index (χ3v) is 11.7. The third kappa shape index (κ3) is 5.14. The molecule has 3 aromatic carbocycles. The van der Waals surface area contributed by atoms with Crippen molar-refractivity contribution in [2.24, 2.45) is 0 Å². The average Bonchev–Trinajstić information content (AvgIpc) is 3.32. The first kappa shape index (κ1) is 31.9. The van der Waals surface area contributed by atoms with E-state index in [0.717, 1.165) is 36.1 Å². The first-order valence-electron chi connectivity index (χ1n) is 15.2. The van der Waals surface area contributed by atoms with Crippen LogP contribution < -0.4 is 9.80 Å². The molecule has 0 radical (unpaired) electrons. The molecule has 0 fully saturated rings. The van der Waals surface area contributed by atoms with Gasteiger partial charge in [0.25, 0.3) is 0 Å². The van der Waals surface area contributed by atoms with Crippen LogP contribution in [0.15, 0.2) is 130 Å². The van der Waals surface area contributed by atoms with Crippen molar-refractivity contribution in [3.63, 3.8) is 0 Å². The summed E-state index contributed by atoms with van der Waals surface area (Å²) in [5.41, 5.74) is 7.67. The van der Waals surface area contributed by atoms with Gasteiger partial charge < -0.3 is 9.80 Å². The van der Waals surface area contributed by atoms with E-state index in [0.29, 0.717) is 9.80 Å². The summed E-state index contributed by atoms with van der Waals surface area (Å²) in [5, 5.41) is 0. The van der Waals surface area contributed by atoms with E-state index in [4.69, 9.17) is 0 Å². The highest BCUT2D eigenvalue weighted by atomic mass is 35.5. The zero-order valence-electron chi connectivity index (χ0n) is 26.5. The van der Waals surface area contributed by atoms with Crippen molar-refractivity contribution in [2.75, 3.05) is 23.9 Å². The molecule has 230 valence electrons. The van der Waals surface area contributed by atoms with Crippen molar-refractivity contribution in [1.29, 1.82) is 0 Å². The number of para-hydroxylation sites is 2. The monoisotopic (exact) mass is 626 g/mol. The van der Waals surface area contributed by atoms with E-state index in [1.54, 1.807) is 24.3 Å². The van der Waals surface area contributed by atoms with Gasteiger partial charge in [0.15, 0.2) is 0 Å². The predicted molar refractivity (Wildman–Crippen MR) is 187 cm³/mol. The summed E-state index contributed by atoms with van der Waals surface area (Å²) in [6, 6.07) is 26.1. The van der Waals surface area contributed by atoms with Gasteiger partial charge in [0, 0.05) is 42.0 Å². The molecule has 3 aliphatic rings. The SMILES string of the molecule is CN1/C(=C\C=C2\CCCC(/C=C/C3N(C)c4ccccc4C3(C)C)=C2S(=O)(=O)c2ccccc2)C(C)(C)c2ccccc21.Cl. The van der Waals surface area contributed by atoms with E-state index in [1.165, 1.54) is 22.5 Å². The second kappa shape index (κ2) is 11.8. The number of nitrogens with zero attached hydrogens (tertiary/aromatic N) is 2. The van der Waals surface area contributed by atoms with Crippen LogP contribution in [0, 0.1) is 0 Å². The zero-order valence-corrected chi connectivity index (χ0v) is 28.2. The summed E-state index contributed by atoms with van der Waals surface area (Å²) in [6.07, 6.45) is 10.9. The quantitative estimate of drug-likeness (QED) is 0.284. The predicted octanol–water partition coefficient (Wildman–Crippen LogP) is 8.91. The Kier molecular flexibility index (Phi) is 8.52. The first-order chi connectivity index (χ1) is 20.5. The molecular weight excluding hydrogens is 584 g/mol. The molecule has 2 aliphatic heterocycles. The fourth-order valence-corrected chi connectivity index (χ4v) is 9.24. The maximum atomic E-state index is 14.4. The van der Waals surface area contributed by atoms with E-state index in [1.807, 2.05) is 6.07 Å². The average molecular weight is 627 g/mol. The number of hydrogen-bond acceptors (Lipinski definition) is 4. The van der Waals surface area contributed by atoms with E-state index in [2.05, 4.69) is 124 Å². The Morgan fingerprint density at radius 3 is 2.05 bits per heavy atom. The lowest BCUT2D eigenvalue weighted by Gasteiger charge is -2.30. The number of halogens is 1. The fourth-order valence-electron chi connectivity index (χ4n) is 7.46. The Labute approximate surface area is 269 Å². The molecular formula is C38H43ClN2O2S. The van der Waals surface area contributed by atoms with Gasteiger partial charge in [0.2, 0.25) is 9.84 Å². The number of sulfone groups is 1. The molecule has 1 aliphatic carbocycles. The molecule has 6 rings (SSSR count). The summed E-state index contributed by atoms with van der Waals surface area (Å²) in [6.45, 7) is 9.03. The summed E-state index contributed by atoms with van der Waals surface area (Å²) in [4.78, 5) is 5.36. The Morgan fingerprint density at radius 1 is 0.773 bits per heavy atom. The van der Waals surface area contributed by atoms with Gasteiger partial charge in [-0.05, 0) is 71.9 Å². The summed E-state index contributed by atoms with van der Waals surface area (Å²) in [7, 11) is 0.493. The Hall–Kier alpha value is -3.54. The lowest BCUT2D eigenvalue weighted by molar-refractivity contribution is 0.487. The van der Waals surface area contributed by atoms with E-state index in [-0.39, 0.29) is 29.3 Å². The van der Waals surface area contributed by atoms with E-state index < -0.39 is 9.84 Å². The lowest BCUT2D eigenvalue weighted by Crippen LogP contribution is -2.37. The first-order valence-corrected chi connectivity index (χ1v) is 16.7. The molecule has 0 aromatic heterocycles. The number of likely N-dealkylation sites (N-methyl/N-ethyl adjacent to an activating group) is 2. The number of anilines is 2. The number of rotatable bonds is 5. The largest absolute Gasteiger partial charge is 0.367 e. The molecule has 0 saturated heterocycles. The minimum absolute atomic E-state index is 0. The van der Waals surface area contributed by atoms with Gasteiger partial charge in [0.1, 0.15) is 0 Å². The molecule has 6 heteroatoms.